The van der Waals surface area contributed by atoms with Gasteiger partial charge in [-0.15, -0.1) is 5.10 Å². The Hall–Kier alpha value is -0.520. The number of hydrogen-bond donors (Lipinski definition) is 1. The van der Waals surface area contributed by atoms with E-state index in [4.69, 9.17) is 10.5 Å². The molecular weight excluding hydrogens is 186 g/mol. The van der Waals surface area contributed by atoms with Crippen LogP contribution in [-0.4, -0.2) is 22.8 Å². The Morgan fingerprint density at radius 2 is 2.31 bits per heavy atom. The Balaban J connectivity index is 2.59. The van der Waals surface area contributed by atoms with E-state index < -0.39 is 0 Å². The van der Waals surface area contributed by atoms with E-state index in [1.807, 2.05) is 13.8 Å². The highest BCUT2D eigenvalue weighted by atomic mass is 32.1. The van der Waals surface area contributed by atoms with Gasteiger partial charge in [0.2, 0.25) is 0 Å². The molecule has 0 bridgehead atoms. The molecular formula is C8H15N3OS. The number of nitrogens with zero attached hydrogens (tertiary/aromatic N) is 2. The lowest BCUT2D eigenvalue weighted by molar-refractivity contribution is 0.134. The second-order valence-electron chi connectivity index (χ2n) is 2.70. The summed E-state index contributed by atoms with van der Waals surface area (Å²) in [5, 5.41) is 4.00. The second kappa shape index (κ2) is 5.26. The smallest absolute Gasteiger partial charge is 0.0801 e. The highest BCUT2D eigenvalue weighted by Crippen LogP contribution is 2.18. The van der Waals surface area contributed by atoms with E-state index in [-0.39, 0.29) is 6.04 Å². The molecule has 1 aromatic heterocycles. The third-order valence-corrected chi connectivity index (χ3v) is 2.66. The molecule has 0 aliphatic carbocycles. The predicted octanol–water partition coefficient (Wildman–Crippen LogP) is 1.14. The summed E-state index contributed by atoms with van der Waals surface area (Å²) in [6.07, 6.45) is 0.881. The number of nitrogens with two attached hydrogens (primary N) is 1. The molecule has 0 saturated carbocycles. The standard InChI is InChI=1S/C8H15N3OS/c1-3-7-8(13-11-10-7)6(9)5-12-4-2/h6H,3-5,9H2,1-2H3. The maximum atomic E-state index is 5.91. The van der Waals surface area contributed by atoms with Gasteiger partial charge in [0, 0.05) is 6.61 Å². The molecule has 0 radical (unpaired) electrons. The van der Waals surface area contributed by atoms with E-state index in [9.17, 15) is 0 Å². The van der Waals surface area contributed by atoms with Crippen molar-refractivity contribution in [1.82, 2.24) is 9.59 Å². The van der Waals surface area contributed by atoms with Crippen LogP contribution in [0.1, 0.15) is 30.5 Å². The lowest BCUT2D eigenvalue weighted by Crippen LogP contribution is -2.17. The van der Waals surface area contributed by atoms with Gasteiger partial charge in [-0.1, -0.05) is 11.4 Å². The molecule has 2 N–H and O–H groups in total. The van der Waals surface area contributed by atoms with Crippen LogP contribution in [-0.2, 0) is 11.2 Å². The first-order chi connectivity index (χ1) is 6.29. The zero-order valence-electron chi connectivity index (χ0n) is 7.99. The Bertz CT molecular complexity index is 251. The van der Waals surface area contributed by atoms with Gasteiger partial charge >= 0.3 is 0 Å². The maximum absolute atomic E-state index is 5.91. The fourth-order valence-corrected chi connectivity index (χ4v) is 1.78. The predicted molar refractivity (Wildman–Crippen MR) is 52.7 cm³/mol. The number of aromatic nitrogens is 2. The van der Waals surface area contributed by atoms with Crippen molar-refractivity contribution < 1.29 is 4.74 Å². The molecule has 0 aliphatic heterocycles. The quantitative estimate of drug-likeness (QED) is 0.776. The van der Waals surface area contributed by atoms with Crippen LogP contribution in [0, 0.1) is 0 Å². The summed E-state index contributed by atoms with van der Waals surface area (Å²) >= 11 is 1.37. The molecule has 74 valence electrons. The van der Waals surface area contributed by atoms with Crippen LogP contribution in [0.3, 0.4) is 0 Å². The average molecular weight is 201 g/mol. The molecule has 1 heterocycles. The van der Waals surface area contributed by atoms with E-state index >= 15 is 0 Å². The molecule has 1 atom stereocenters. The fourth-order valence-electron chi connectivity index (χ4n) is 1.06. The van der Waals surface area contributed by atoms with Crippen molar-refractivity contribution in [3.05, 3.63) is 10.6 Å². The van der Waals surface area contributed by atoms with Crippen molar-refractivity contribution in [3.63, 3.8) is 0 Å². The van der Waals surface area contributed by atoms with Crippen molar-refractivity contribution in [2.75, 3.05) is 13.2 Å². The fraction of sp³-hybridized carbons (Fsp3) is 0.750. The molecule has 1 rings (SSSR count). The van der Waals surface area contributed by atoms with E-state index in [0.717, 1.165) is 17.0 Å². The highest BCUT2D eigenvalue weighted by Gasteiger charge is 2.13. The number of ether oxygens (including phenoxy) is 1. The second-order valence-corrected chi connectivity index (χ2v) is 3.49. The zero-order valence-corrected chi connectivity index (χ0v) is 8.80. The first-order valence-electron chi connectivity index (χ1n) is 4.44. The summed E-state index contributed by atoms with van der Waals surface area (Å²) in [7, 11) is 0. The van der Waals surface area contributed by atoms with E-state index in [1.165, 1.54) is 11.5 Å². The summed E-state index contributed by atoms with van der Waals surface area (Å²) < 4.78 is 9.12. The minimum absolute atomic E-state index is 0.0742. The number of hydrogen-bond acceptors (Lipinski definition) is 5. The first-order valence-corrected chi connectivity index (χ1v) is 5.21. The Labute approximate surface area is 82.3 Å². The molecule has 1 unspecified atom stereocenters. The topological polar surface area (TPSA) is 61.0 Å². The maximum Gasteiger partial charge on any atom is 0.0801 e. The molecule has 0 spiro atoms. The third-order valence-electron chi connectivity index (χ3n) is 1.76. The Morgan fingerprint density at radius 1 is 1.54 bits per heavy atom. The van der Waals surface area contributed by atoms with Crippen molar-refractivity contribution in [2.45, 2.75) is 26.3 Å². The van der Waals surface area contributed by atoms with Crippen LogP contribution in [0.4, 0.5) is 0 Å². The SMILES string of the molecule is CCOCC(N)c1snnc1CC. The van der Waals surface area contributed by atoms with Gasteiger partial charge in [0.15, 0.2) is 0 Å². The van der Waals surface area contributed by atoms with Crippen LogP contribution >= 0.6 is 11.5 Å². The zero-order chi connectivity index (χ0) is 9.68. The molecule has 0 fully saturated rings. The monoisotopic (exact) mass is 201 g/mol. The molecule has 1 aromatic rings. The van der Waals surface area contributed by atoms with Crippen LogP contribution in [0.2, 0.25) is 0 Å². The van der Waals surface area contributed by atoms with Gasteiger partial charge in [0.1, 0.15) is 0 Å². The lowest BCUT2D eigenvalue weighted by Gasteiger charge is -2.09. The van der Waals surface area contributed by atoms with Gasteiger partial charge < -0.3 is 10.5 Å². The van der Waals surface area contributed by atoms with Gasteiger partial charge in [0.25, 0.3) is 0 Å². The van der Waals surface area contributed by atoms with Crippen molar-refractivity contribution >= 4 is 11.5 Å². The largest absolute Gasteiger partial charge is 0.380 e. The molecule has 13 heavy (non-hydrogen) atoms. The molecule has 0 aliphatic rings. The average Bonchev–Trinajstić information content (AvgIpc) is 2.61. The van der Waals surface area contributed by atoms with Crippen molar-refractivity contribution in [3.8, 4) is 0 Å². The van der Waals surface area contributed by atoms with Gasteiger partial charge in [-0.3, -0.25) is 0 Å². The van der Waals surface area contributed by atoms with Crippen LogP contribution in [0.25, 0.3) is 0 Å². The molecule has 4 nitrogen and oxygen atoms in total. The summed E-state index contributed by atoms with van der Waals surface area (Å²) in [6.45, 7) is 5.25. The Kier molecular flexibility index (Phi) is 4.27. The van der Waals surface area contributed by atoms with E-state index in [1.54, 1.807) is 0 Å². The van der Waals surface area contributed by atoms with Gasteiger partial charge in [-0.05, 0) is 24.9 Å². The third kappa shape index (κ3) is 2.72. The van der Waals surface area contributed by atoms with Crippen LogP contribution in [0.5, 0.6) is 0 Å². The Morgan fingerprint density at radius 3 is 2.92 bits per heavy atom. The van der Waals surface area contributed by atoms with Gasteiger partial charge in [0.05, 0.1) is 23.2 Å². The molecule has 0 aromatic carbocycles. The summed E-state index contributed by atoms with van der Waals surface area (Å²) in [5.41, 5.74) is 6.90. The van der Waals surface area contributed by atoms with Gasteiger partial charge in [-0.2, -0.15) is 0 Å². The molecule has 0 amide bonds. The normalized spacial score (nSPS) is 13.2. The summed E-state index contributed by atoms with van der Waals surface area (Å²) in [4.78, 5) is 1.05. The van der Waals surface area contributed by atoms with Crippen molar-refractivity contribution in [1.29, 1.82) is 0 Å². The van der Waals surface area contributed by atoms with E-state index in [0.29, 0.717) is 13.2 Å². The van der Waals surface area contributed by atoms with Crippen molar-refractivity contribution in [2.24, 2.45) is 5.73 Å². The molecule has 0 saturated heterocycles. The minimum atomic E-state index is -0.0742. The molecule has 5 heteroatoms. The summed E-state index contributed by atoms with van der Waals surface area (Å²) in [6, 6.07) is -0.0742. The highest BCUT2D eigenvalue weighted by molar-refractivity contribution is 7.05. The summed E-state index contributed by atoms with van der Waals surface area (Å²) in [5.74, 6) is 0. The number of aryl methyl sites for hydroxylation is 1. The number of rotatable bonds is 5. The van der Waals surface area contributed by atoms with Crippen LogP contribution < -0.4 is 5.73 Å². The van der Waals surface area contributed by atoms with Gasteiger partial charge in [-0.25, -0.2) is 0 Å². The van der Waals surface area contributed by atoms with Crippen LogP contribution in [0.15, 0.2) is 0 Å². The van der Waals surface area contributed by atoms with E-state index in [2.05, 4.69) is 9.59 Å². The lowest BCUT2D eigenvalue weighted by atomic mass is 10.2. The minimum Gasteiger partial charge on any atom is -0.380 e. The first kappa shape index (κ1) is 10.6.